The lowest BCUT2D eigenvalue weighted by molar-refractivity contribution is -0.125. The number of carbonyl (C=O) groups excluding carboxylic acids is 3. The van der Waals surface area contributed by atoms with Crippen LogP contribution in [0.3, 0.4) is 0 Å². The third kappa shape index (κ3) is 4.75. The predicted octanol–water partition coefficient (Wildman–Crippen LogP) is 1.46. The van der Waals surface area contributed by atoms with E-state index in [1.165, 1.54) is 6.08 Å². The first-order valence-corrected chi connectivity index (χ1v) is 5.95. The Morgan fingerprint density at radius 2 is 1.95 bits per heavy atom. The number of aldehydes is 1. The minimum atomic E-state index is -0.572. The van der Waals surface area contributed by atoms with Crippen LogP contribution in [0.15, 0.2) is 36.4 Å². The molecular formula is C14H16N2O3. The van der Waals surface area contributed by atoms with Gasteiger partial charge in [0.25, 0.3) is 5.91 Å². The number of hydrogen-bond donors (Lipinski definition) is 1. The lowest BCUT2D eigenvalue weighted by Gasteiger charge is -2.16. The Balaban J connectivity index is 2.74. The smallest absolute Gasteiger partial charge is 0.324 e. The molecular weight excluding hydrogens is 244 g/mol. The Hall–Kier alpha value is -2.43. The maximum absolute atomic E-state index is 11.8. The van der Waals surface area contributed by atoms with Gasteiger partial charge < -0.3 is 10.1 Å². The van der Waals surface area contributed by atoms with Crippen molar-refractivity contribution in [3.63, 3.8) is 0 Å². The van der Waals surface area contributed by atoms with E-state index in [-0.39, 0.29) is 6.54 Å². The number of carbonyl (C=O) groups is 3. The van der Waals surface area contributed by atoms with Crippen LogP contribution < -0.4 is 5.32 Å². The molecule has 0 bridgehead atoms. The molecule has 0 heterocycles. The average molecular weight is 260 g/mol. The van der Waals surface area contributed by atoms with Gasteiger partial charge in [-0.3, -0.25) is 9.69 Å². The lowest BCUT2D eigenvalue weighted by atomic mass is 10.2. The Labute approximate surface area is 111 Å². The Morgan fingerprint density at radius 3 is 2.53 bits per heavy atom. The normalized spacial score (nSPS) is 10.2. The van der Waals surface area contributed by atoms with Crippen LogP contribution in [0.1, 0.15) is 12.5 Å². The van der Waals surface area contributed by atoms with Crippen LogP contribution >= 0.6 is 0 Å². The van der Waals surface area contributed by atoms with Gasteiger partial charge in [-0.05, 0) is 18.6 Å². The molecule has 1 aromatic carbocycles. The summed E-state index contributed by atoms with van der Waals surface area (Å²) < 4.78 is 0. The summed E-state index contributed by atoms with van der Waals surface area (Å²) in [5.74, 6) is -0.526. The highest BCUT2D eigenvalue weighted by molar-refractivity contribution is 6.03. The maximum atomic E-state index is 11.8. The molecule has 0 atom stereocenters. The van der Waals surface area contributed by atoms with E-state index in [1.54, 1.807) is 13.0 Å². The van der Waals surface area contributed by atoms with Gasteiger partial charge in [0.15, 0.2) is 0 Å². The standard InChI is InChI=1S/C14H16N2O3/c1-2-15-14(19)16(10-11-17)13(18)9-8-12-6-4-3-5-7-12/h3-9,11H,2,10H2,1H3,(H,15,19). The average Bonchev–Trinajstić information content (AvgIpc) is 2.43. The van der Waals surface area contributed by atoms with Gasteiger partial charge in [0.2, 0.25) is 0 Å². The van der Waals surface area contributed by atoms with Crippen LogP contribution in [0.5, 0.6) is 0 Å². The van der Waals surface area contributed by atoms with Crippen molar-refractivity contribution in [3.05, 3.63) is 42.0 Å². The molecule has 0 aromatic heterocycles. The highest BCUT2D eigenvalue weighted by Gasteiger charge is 2.17. The molecule has 100 valence electrons. The third-order valence-corrected chi connectivity index (χ3v) is 2.31. The summed E-state index contributed by atoms with van der Waals surface area (Å²) in [6, 6.07) is 8.65. The fourth-order valence-corrected chi connectivity index (χ4v) is 1.42. The van der Waals surface area contributed by atoms with E-state index in [4.69, 9.17) is 0 Å². The zero-order valence-electron chi connectivity index (χ0n) is 10.7. The predicted molar refractivity (Wildman–Crippen MR) is 72.3 cm³/mol. The van der Waals surface area contributed by atoms with E-state index in [9.17, 15) is 14.4 Å². The van der Waals surface area contributed by atoms with Crippen LogP contribution in [-0.2, 0) is 9.59 Å². The van der Waals surface area contributed by atoms with Crippen molar-refractivity contribution in [2.45, 2.75) is 6.92 Å². The van der Waals surface area contributed by atoms with Crippen molar-refractivity contribution < 1.29 is 14.4 Å². The summed E-state index contributed by atoms with van der Waals surface area (Å²) in [6.45, 7) is 1.87. The maximum Gasteiger partial charge on any atom is 0.324 e. The van der Waals surface area contributed by atoms with Gasteiger partial charge in [0, 0.05) is 12.6 Å². The molecule has 5 heteroatoms. The second-order valence-electron chi connectivity index (χ2n) is 3.70. The number of benzene rings is 1. The summed E-state index contributed by atoms with van der Waals surface area (Å²) in [4.78, 5) is 34.8. The quantitative estimate of drug-likeness (QED) is 0.643. The van der Waals surface area contributed by atoms with Crippen LogP contribution in [-0.4, -0.2) is 36.2 Å². The second kappa shape index (κ2) is 7.81. The van der Waals surface area contributed by atoms with E-state index in [0.717, 1.165) is 10.5 Å². The van der Waals surface area contributed by atoms with E-state index in [0.29, 0.717) is 12.8 Å². The number of urea groups is 1. The van der Waals surface area contributed by atoms with Crippen molar-refractivity contribution >= 4 is 24.3 Å². The highest BCUT2D eigenvalue weighted by atomic mass is 16.2. The zero-order chi connectivity index (χ0) is 14.1. The van der Waals surface area contributed by atoms with Crippen molar-refractivity contribution in [3.8, 4) is 0 Å². The number of hydrogen-bond acceptors (Lipinski definition) is 3. The van der Waals surface area contributed by atoms with Crippen molar-refractivity contribution in [1.29, 1.82) is 0 Å². The molecule has 3 amide bonds. The summed E-state index contributed by atoms with van der Waals surface area (Å²) in [5, 5.41) is 2.48. The first-order valence-electron chi connectivity index (χ1n) is 5.95. The van der Waals surface area contributed by atoms with Gasteiger partial charge in [-0.15, -0.1) is 0 Å². The fourth-order valence-electron chi connectivity index (χ4n) is 1.42. The largest absolute Gasteiger partial charge is 0.338 e. The number of nitrogens with zero attached hydrogens (tertiary/aromatic N) is 1. The topological polar surface area (TPSA) is 66.5 Å². The van der Waals surface area contributed by atoms with Crippen molar-refractivity contribution in [2.75, 3.05) is 13.1 Å². The number of rotatable bonds is 5. The molecule has 0 aliphatic rings. The minimum absolute atomic E-state index is 0.260. The molecule has 1 aromatic rings. The van der Waals surface area contributed by atoms with Gasteiger partial charge in [0.1, 0.15) is 6.29 Å². The van der Waals surface area contributed by atoms with Gasteiger partial charge in [-0.2, -0.15) is 0 Å². The van der Waals surface area contributed by atoms with Crippen LogP contribution in [0.2, 0.25) is 0 Å². The SMILES string of the molecule is CCNC(=O)N(CC=O)C(=O)C=Cc1ccccc1. The first kappa shape index (κ1) is 14.6. The van der Waals surface area contributed by atoms with E-state index in [2.05, 4.69) is 5.32 Å². The van der Waals surface area contributed by atoms with E-state index >= 15 is 0 Å². The molecule has 1 rings (SSSR count). The Bertz CT molecular complexity index is 469. The summed E-state index contributed by atoms with van der Waals surface area (Å²) >= 11 is 0. The Morgan fingerprint density at radius 1 is 1.26 bits per heavy atom. The monoisotopic (exact) mass is 260 g/mol. The van der Waals surface area contributed by atoms with Crippen molar-refractivity contribution in [2.24, 2.45) is 0 Å². The molecule has 5 nitrogen and oxygen atoms in total. The minimum Gasteiger partial charge on any atom is -0.338 e. The van der Waals surface area contributed by atoms with E-state index in [1.807, 2.05) is 30.3 Å². The van der Waals surface area contributed by atoms with Gasteiger partial charge >= 0.3 is 6.03 Å². The molecule has 0 aliphatic carbocycles. The third-order valence-electron chi connectivity index (χ3n) is 2.31. The van der Waals surface area contributed by atoms with Gasteiger partial charge in [-0.25, -0.2) is 4.79 Å². The first-order chi connectivity index (χ1) is 9.19. The van der Waals surface area contributed by atoms with Crippen LogP contribution in [0, 0.1) is 0 Å². The van der Waals surface area contributed by atoms with Crippen LogP contribution in [0.4, 0.5) is 4.79 Å². The number of nitrogens with one attached hydrogen (secondary N) is 1. The summed E-state index contributed by atoms with van der Waals surface area (Å²) in [5.41, 5.74) is 0.845. The second-order valence-corrected chi connectivity index (χ2v) is 3.70. The molecule has 0 fully saturated rings. The molecule has 19 heavy (non-hydrogen) atoms. The molecule has 0 spiro atoms. The molecule has 0 radical (unpaired) electrons. The van der Waals surface area contributed by atoms with Gasteiger partial charge in [-0.1, -0.05) is 30.3 Å². The summed E-state index contributed by atoms with van der Waals surface area (Å²) in [7, 11) is 0. The van der Waals surface area contributed by atoms with Crippen LogP contribution in [0.25, 0.3) is 6.08 Å². The molecule has 0 saturated carbocycles. The summed E-state index contributed by atoms with van der Waals surface area (Å²) in [6.07, 6.45) is 3.39. The van der Waals surface area contributed by atoms with Crippen molar-refractivity contribution in [1.82, 2.24) is 10.2 Å². The molecule has 1 N–H and O–H groups in total. The number of imide groups is 1. The highest BCUT2D eigenvalue weighted by Crippen LogP contribution is 2.02. The van der Waals surface area contributed by atoms with E-state index < -0.39 is 11.9 Å². The molecule has 0 saturated heterocycles. The van der Waals surface area contributed by atoms with Gasteiger partial charge in [0.05, 0.1) is 6.54 Å². The Kier molecular flexibility index (Phi) is 6.02. The molecule has 0 aliphatic heterocycles. The lowest BCUT2D eigenvalue weighted by Crippen LogP contribution is -2.43. The fraction of sp³-hybridized carbons (Fsp3) is 0.214. The number of amides is 3. The molecule has 0 unspecified atom stereocenters. The zero-order valence-corrected chi connectivity index (χ0v) is 10.7.